The van der Waals surface area contributed by atoms with Crippen LogP contribution in [-0.2, 0) is 4.79 Å². The van der Waals surface area contributed by atoms with Gasteiger partial charge >= 0.3 is 5.69 Å². The predicted octanol–water partition coefficient (Wildman–Crippen LogP) is -0.300. The van der Waals surface area contributed by atoms with Crippen LogP contribution in [0.15, 0.2) is 23.0 Å². The third kappa shape index (κ3) is 2.89. The van der Waals surface area contributed by atoms with Gasteiger partial charge in [0.1, 0.15) is 0 Å². The van der Waals surface area contributed by atoms with Crippen molar-refractivity contribution in [2.75, 3.05) is 38.0 Å². The second kappa shape index (κ2) is 5.48. The molecule has 0 unspecified atom stereocenters. The molecule has 1 fully saturated rings. The average Bonchev–Trinajstić information content (AvgIpc) is 2.79. The zero-order chi connectivity index (χ0) is 13.9. The summed E-state index contributed by atoms with van der Waals surface area (Å²) >= 11 is 0. The van der Waals surface area contributed by atoms with E-state index in [1.807, 2.05) is 0 Å². The number of piperazine rings is 1. The van der Waals surface area contributed by atoms with Crippen molar-refractivity contribution in [1.82, 2.24) is 20.2 Å². The largest absolute Gasteiger partial charge is 0.325 e. The number of fused-ring (bicyclic) bond motifs is 1. The summed E-state index contributed by atoms with van der Waals surface area (Å²) in [5, 5.41) is 6.10. The van der Waals surface area contributed by atoms with Crippen LogP contribution in [0.3, 0.4) is 0 Å². The molecule has 0 atom stereocenters. The number of nitrogens with zero attached hydrogens (tertiary/aromatic N) is 1. The van der Waals surface area contributed by atoms with Crippen molar-refractivity contribution in [2.45, 2.75) is 0 Å². The Morgan fingerprint density at radius 2 is 1.95 bits per heavy atom. The number of anilines is 1. The van der Waals surface area contributed by atoms with Gasteiger partial charge in [0, 0.05) is 31.9 Å². The molecule has 3 rings (SSSR count). The third-order valence-corrected chi connectivity index (χ3v) is 3.38. The summed E-state index contributed by atoms with van der Waals surface area (Å²) in [5.74, 6) is -0.0378. The smallest absolute Gasteiger partial charge is 0.323 e. The molecular formula is C13H17N5O2. The first-order valence-electron chi connectivity index (χ1n) is 6.66. The summed E-state index contributed by atoms with van der Waals surface area (Å²) in [6, 6.07) is 5.30. The molecule has 0 aliphatic carbocycles. The molecule has 1 aromatic carbocycles. The maximum atomic E-state index is 12.0. The van der Waals surface area contributed by atoms with Gasteiger partial charge in [0.15, 0.2) is 0 Å². The second-order valence-electron chi connectivity index (χ2n) is 4.91. The number of rotatable bonds is 3. The number of aromatic nitrogens is 2. The first-order valence-corrected chi connectivity index (χ1v) is 6.66. The zero-order valence-electron chi connectivity index (χ0n) is 11.0. The lowest BCUT2D eigenvalue weighted by atomic mass is 10.2. The number of aromatic amines is 2. The van der Waals surface area contributed by atoms with Crippen molar-refractivity contribution < 1.29 is 4.79 Å². The molecule has 0 spiro atoms. The van der Waals surface area contributed by atoms with E-state index in [0.29, 0.717) is 17.7 Å². The van der Waals surface area contributed by atoms with Crippen molar-refractivity contribution in [3.05, 3.63) is 28.7 Å². The second-order valence-corrected chi connectivity index (χ2v) is 4.91. The molecular weight excluding hydrogens is 258 g/mol. The van der Waals surface area contributed by atoms with Gasteiger partial charge in [0.2, 0.25) is 5.91 Å². The first-order chi connectivity index (χ1) is 9.70. The van der Waals surface area contributed by atoms with Crippen LogP contribution >= 0.6 is 0 Å². The molecule has 0 saturated carbocycles. The molecule has 2 aromatic rings. The highest BCUT2D eigenvalue weighted by Gasteiger charge is 2.13. The Balaban J connectivity index is 1.65. The normalized spacial score (nSPS) is 16.4. The van der Waals surface area contributed by atoms with Crippen LogP contribution in [0.4, 0.5) is 5.69 Å². The Labute approximate surface area is 115 Å². The van der Waals surface area contributed by atoms with Crippen LogP contribution in [0.2, 0.25) is 0 Å². The van der Waals surface area contributed by atoms with Crippen LogP contribution in [-0.4, -0.2) is 53.5 Å². The van der Waals surface area contributed by atoms with Crippen molar-refractivity contribution >= 4 is 22.6 Å². The quantitative estimate of drug-likeness (QED) is 0.619. The SMILES string of the molecule is O=C(CN1CCNCC1)Nc1ccc2[nH]c(=O)[nH]c2c1. The number of imidazole rings is 1. The standard InChI is InChI=1S/C13H17N5O2/c19-12(8-18-5-3-14-4-6-18)15-9-1-2-10-11(7-9)17-13(20)16-10/h1-2,7,14H,3-6,8H2,(H,15,19)(H2,16,17,20). The summed E-state index contributed by atoms with van der Waals surface area (Å²) in [6.07, 6.45) is 0. The number of carbonyl (C=O) groups excluding carboxylic acids is 1. The van der Waals surface area contributed by atoms with Crippen LogP contribution in [0.1, 0.15) is 0 Å². The number of carbonyl (C=O) groups is 1. The molecule has 1 aliphatic rings. The van der Waals surface area contributed by atoms with Crippen molar-refractivity contribution in [2.24, 2.45) is 0 Å². The highest BCUT2D eigenvalue weighted by molar-refractivity contribution is 5.94. The molecule has 7 nitrogen and oxygen atoms in total. The molecule has 1 saturated heterocycles. The van der Waals surface area contributed by atoms with E-state index < -0.39 is 0 Å². The van der Waals surface area contributed by atoms with Crippen molar-refractivity contribution in [3.63, 3.8) is 0 Å². The van der Waals surface area contributed by atoms with Crippen LogP contribution in [0, 0.1) is 0 Å². The predicted molar refractivity (Wildman–Crippen MR) is 76.9 cm³/mol. The molecule has 2 heterocycles. The fourth-order valence-electron chi connectivity index (χ4n) is 2.38. The minimum Gasteiger partial charge on any atom is -0.325 e. The maximum Gasteiger partial charge on any atom is 0.323 e. The number of hydrogen-bond acceptors (Lipinski definition) is 4. The Morgan fingerprint density at radius 3 is 2.75 bits per heavy atom. The van der Waals surface area contributed by atoms with Gasteiger partial charge in [-0.1, -0.05) is 0 Å². The molecule has 0 radical (unpaired) electrons. The van der Waals surface area contributed by atoms with Crippen molar-refractivity contribution in [3.8, 4) is 0 Å². The minimum atomic E-state index is -0.246. The molecule has 1 aliphatic heterocycles. The highest BCUT2D eigenvalue weighted by Crippen LogP contribution is 2.14. The molecule has 106 valence electrons. The Morgan fingerprint density at radius 1 is 1.20 bits per heavy atom. The van der Waals surface area contributed by atoms with Gasteiger partial charge in [-0.2, -0.15) is 0 Å². The zero-order valence-corrected chi connectivity index (χ0v) is 11.0. The van der Waals surface area contributed by atoms with E-state index in [0.717, 1.165) is 31.7 Å². The van der Waals surface area contributed by atoms with E-state index in [1.54, 1.807) is 18.2 Å². The molecule has 7 heteroatoms. The summed E-state index contributed by atoms with van der Waals surface area (Å²) in [6.45, 7) is 4.01. The number of benzene rings is 1. The summed E-state index contributed by atoms with van der Waals surface area (Å²) in [7, 11) is 0. The first kappa shape index (κ1) is 12.9. The minimum absolute atomic E-state index is 0.0378. The van der Waals surface area contributed by atoms with Gasteiger partial charge in [-0.05, 0) is 18.2 Å². The van der Waals surface area contributed by atoms with Gasteiger partial charge in [-0.15, -0.1) is 0 Å². The van der Waals surface area contributed by atoms with Crippen LogP contribution < -0.4 is 16.3 Å². The number of hydrogen-bond donors (Lipinski definition) is 4. The molecule has 4 N–H and O–H groups in total. The van der Waals surface area contributed by atoms with Gasteiger partial charge < -0.3 is 20.6 Å². The molecule has 1 amide bonds. The van der Waals surface area contributed by atoms with Crippen LogP contribution in [0.25, 0.3) is 11.0 Å². The van der Waals surface area contributed by atoms with E-state index in [2.05, 4.69) is 25.5 Å². The van der Waals surface area contributed by atoms with E-state index >= 15 is 0 Å². The molecule has 0 bridgehead atoms. The van der Waals surface area contributed by atoms with Crippen LogP contribution in [0.5, 0.6) is 0 Å². The highest BCUT2D eigenvalue weighted by atomic mass is 16.2. The third-order valence-electron chi connectivity index (χ3n) is 3.38. The van der Waals surface area contributed by atoms with Gasteiger partial charge in [-0.25, -0.2) is 4.79 Å². The van der Waals surface area contributed by atoms with E-state index in [4.69, 9.17) is 0 Å². The van der Waals surface area contributed by atoms with E-state index in [1.165, 1.54) is 0 Å². The number of nitrogens with one attached hydrogen (secondary N) is 4. The topological polar surface area (TPSA) is 93.0 Å². The molecule has 20 heavy (non-hydrogen) atoms. The van der Waals surface area contributed by atoms with Gasteiger partial charge in [0.05, 0.1) is 17.6 Å². The summed E-state index contributed by atoms with van der Waals surface area (Å²) in [4.78, 5) is 30.6. The average molecular weight is 275 g/mol. The Hall–Kier alpha value is -2.12. The van der Waals surface area contributed by atoms with Crippen molar-refractivity contribution in [1.29, 1.82) is 0 Å². The monoisotopic (exact) mass is 275 g/mol. The Kier molecular flexibility index (Phi) is 3.53. The summed E-state index contributed by atoms with van der Waals surface area (Å²) in [5.41, 5.74) is 1.86. The fraction of sp³-hybridized carbons (Fsp3) is 0.385. The Bertz CT molecular complexity index is 669. The lowest BCUT2D eigenvalue weighted by Crippen LogP contribution is -2.46. The van der Waals surface area contributed by atoms with E-state index in [-0.39, 0.29) is 11.6 Å². The molecule has 1 aromatic heterocycles. The van der Waals surface area contributed by atoms with Gasteiger partial charge in [-0.3, -0.25) is 9.69 Å². The summed E-state index contributed by atoms with van der Waals surface area (Å²) < 4.78 is 0. The number of H-pyrrole nitrogens is 2. The fourth-order valence-corrected chi connectivity index (χ4v) is 2.38. The van der Waals surface area contributed by atoms with Gasteiger partial charge in [0.25, 0.3) is 0 Å². The number of amides is 1. The lowest BCUT2D eigenvalue weighted by molar-refractivity contribution is -0.117. The lowest BCUT2D eigenvalue weighted by Gasteiger charge is -2.26. The maximum absolute atomic E-state index is 12.0. The van der Waals surface area contributed by atoms with E-state index in [9.17, 15) is 9.59 Å².